The van der Waals surface area contributed by atoms with Crippen molar-refractivity contribution in [2.75, 3.05) is 26.2 Å². The highest BCUT2D eigenvalue weighted by Crippen LogP contribution is 2.52. The minimum atomic E-state index is 0.147. The quantitative estimate of drug-likeness (QED) is 0.804. The predicted octanol–water partition coefficient (Wildman–Crippen LogP) is 3.04. The summed E-state index contributed by atoms with van der Waals surface area (Å²) in [6.45, 7) is 10.7. The molecule has 3 atom stereocenters. The van der Waals surface area contributed by atoms with E-state index in [4.69, 9.17) is 5.26 Å². The van der Waals surface area contributed by atoms with E-state index in [1.54, 1.807) is 0 Å². The van der Waals surface area contributed by atoms with Gasteiger partial charge in [-0.2, -0.15) is 5.26 Å². The van der Waals surface area contributed by atoms with Crippen molar-refractivity contribution >= 4 is 5.91 Å². The highest BCUT2D eigenvalue weighted by Gasteiger charge is 2.51. The number of likely N-dealkylation sites (tertiary alicyclic amines) is 2. The summed E-state index contributed by atoms with van der Waals surface area (Å²) < 4.78 is 0. The largest absolute Gasteiger partial charge is 0.339 e. The minimum Gasteiger partial charge on any atom is -0.339 e. The van der Waals surface area contributed by atoms with Crippen molar-refractivity contribution in [3.63, 3.8) is 0 Å². The number of carbonyl (C=O) groups is 1. The van der Waals surface area contributed by atoms with E-state index in [1.165, 1.54) is 12.8 Å². The molecule has 0 aromatic carbocycles. The Kier molecular flexibility index (Phi) is 4.44. The fourth-order valence-electron chi connectivity index (χ4n) is 5.62. The van der Waals surface area contributed by atoms with Gasteiger partial charge in [-0.3, -0.25) is 4.79 Å². The maximum Gasteiger partial charge on any atom is 0.227 e. The van der Waals surface area contributed by atoms with E-state index < -0.39 is 0 Å². The molecule has 0 aromatic heterocycles. The number of hydrogen-bond acceptors (Lipinski definition) is 3. The zero-order chi connectivity index (χ0) is 16.7. The van der Waals surface area contributed by atoms with E-state index in [-0.39, 0.29) is 5.92 Å². The summed E-state index contributed by atoms with van der Waals surface area (Å²) in [5.41, 5.74) is 0.676. The van der Waals surface area contributed by atoms with Gasteiger partial charge in [-0.25, -0.2) is 0 Å². The van der Waals surface area contributed by atoms with E-state index in [0.717, 1.165) is 45.4 Å². The van der Waals surface area contributed by atoms with Crippen LogP contribution in [0.3, 0.4) is 0 Å². The molecule has 1 saturated carbocycles. The molecule has 0 spiro atoms. The maximum atomic E-state index is 13.1. The molecule has 4 heteroatoms. The molecule has 128 valence electrons. The number of piperidine rings is 1. The topological polar surface area (TPSA) is 47.3 Å². The number of hydrogen-bond donors (Lipinski definition) is 0. The van der Waals surface area contributed by atoms with Crippen LogP contribution >= 0.6 is 0 Å². The molecule has 0 radical (unpaired) electrons. The fraction of sp³-hybridized carbons (Fsp3) is 0.895. The number of fused-ring (bicyclic) bond motifs is 2. The second-order valence-corrected chi connectivity index (χ2v) is 9.23. The average molecular weight is 317 g/mol. The highest BCUT2D eigenvalue weighted by atomic mass is 16.2. The molecular formula is C19H31N3O. The van der Waals surface area contributed by atoms with Crippen LogP contribution in [0.5, 0.6) is 0 Å². The molecule has 2 saturated heterocycles. The van der Waals surface area contributed by atoms with Crippen LogP contribution < -0.4 is 0 Å². The molecule has 0 aromatic rings. The molecule has 2 bridgehead atoms. The van der Waals surface area contributed by atoms with Crippen molar-refractivity contribution in [1.29, 1.82) is 5.26 Å². The zero-order valence-electron chi connectivity index (χ0n) is 15.0. The van der Waals surface area contributed by atoms with Crippen molar-refractivity contribution in [2.24, 2.45) is 16.7 Å². The van der Waals surface area contributed by atoms with Crippen molar-refractivity contribution in [1.82, 2.24) is 9.80 Å². The molecule has 3 aliphatic rings. The summed E-state index contributed by atoms with van der Waals surface area (Å²) in [5.74, 6) is 0.534. The number of nitriles is 1. The third kappa shape index (κ3) is 3.55. The summed E-state index contributed by atoms with van der Waals surface area (Å²) in [7, 11) is 0. The Morgan fingerprint density at radius 2 is 2.09 bits per heavy atom. The van der Waals surface area contributed by atoms with Gasteiger partial charge in [-0.15, -0.1) is 0 Å². The predicted molar refractivity (Wildman–Crippen MR) is 90.6 cm³/mol. The monoisotopic (exact) mass is 317 g/mol. The summed E-state index contributed by atoms with van der Waals surface area (Å²) in [6.07, 6.45) is 6.25. The second-order valence-electron chi connectivity index (χ2n) is 9.23. The van der Waals surface area contributed by atoms with E-state index >= 15 is 0 Å². The van der Waals surface area contributed by atoms with Crippen molar-refractivity contribution in [2.45, 2.75) is 65.3 Å². The standard InChI is InChI=1S/C19H31N3O/c1-18(2)10-16-11-19(3,13-18)14-22(16)17(23)15-6-4-8-21(12-15)9-5-7-20/h15-16H,4-6,8-14H2,1-3H3. The lowest BCUT2D eigenvalue weighted by molar-refractivity contribution is -0.138. The van der Waals surface area contributed by atoms with Gasteiger partial charge >= 0.3 is 0 Å². The maximum absolute atomic E-state index is 13.1. The first kappa shape index (κ1) is 16.8. The lowest BCUT2D eigenvalue weighted by Gasteiger charge is -2.40. The van der Waals surface area contributed by atoms with Crippen LogP contribution in [0.15, 0.2) is 0 Å². The van der Waals surface area contributed by atoms with Crippen LogP contribution in [-0.4, -0.2) is 47.9 Å². The number of rotatable bonds is 3. The van der Waals surface area contributed by atoms with Gasteiger partial charge in [0.2, 0.25) is 5.91 Å². The summed E-state index contributed by atoms with van der Waals surface area (Å²) in [5, 5.41) is 8.77. The van der Waals surface area contributed by atoms with E-state index in [0.29, 0.717) is 29.2 Å². The first-order valence-corrected chi connectivity index (χ1v) is 9.22. The van der Waals surface area contributed by atoms with Gasteiger partial charge in [0.15, 0.2) is 0 Å². The molecule has 1 amide bonds. The number of nitrogens with zero attached hydrogens (tertiary/aromatic N) is 3. The molecule has 23 heavy (non-hydrogen) atoms. The minimum absolute atomic E-state index is 0.147. The van der Waals surface area contributed by atoms with Crippen molar-refractivity contribution in [3.05, 3.63) is 0 Å². The normalized spacial score (nSPS) is 36.7. The van der Waals surface area contributed by atoms with E-state index in [9.17, 15) is 4.79 Å². The van der Waals surface area contributed by atoms with Gasteiger partial charge in [0, 0.05) is 32.1 Å². The molecule has 2 heterocycles. The van der Waals surface area contributed by atoms with Gasteiger partial charge in [0.25, 0.3) is 0 Å². The van der Waals surface area contributed by atoms with Crippen LogP contribution in [-0.2, 0) is 4.79 Å². The van der Waals surface area contributed by atoms with Crippen molar-refractivity contribution in [3.8, 4) is 6.07 Å². The molecule has 3 unspecified atom stereocenters. The third-order valence-electron chi connectivity index (χ3n) is 6.09. The second kappa shape index (κ2) is 6.09. The Hall–Kier alpha value is -1.08. The van der Waals surface area contributed by atoms with Gasteiger partial charge in [-0.1, -0.05) is 20.8 Å². The van der Waals surface area contributed by atoms with Crippen LogP contribution in [0.4, 0.5) is 0 Å². The Bertz CT molecular complexity index is 509. The summed E-state index contributed by atoms with van der Waals surface area (Å²) in [4.78, 5) is 17.7. The van der Waals surface area contributed by atoms with Gasteiger partial charge in [0.05, 0.1) is 12.0 Å². The lowest BCUT2D eigenvalue weighted by atomic mass is 9.65. The molecular weight excluding hydrogens is 286 g/mol. The average Bonchev–Trinajstić information content (AvgIpc) is 2.73. The number of amides is 1. The first-order valence-electron chi connectivity index (χ1n) is 9.22. The zero-order valence-corrected chi connectivity index (χ0v) is 15.0. The number of carbonyl (C=O) groups excluding carboxylic acids is 1. The van der Waals surface area contributed by atoms with Crippen LogP contribution in [0.2, 0.25) is 0 Å². The van der Waals surface area contributed by atoms with Gasteiger partial charge in [0.1, 0.15) is 0 Å². The third-order valence-corrected chi connectivity index (χ3v) is 6.09. The molecule has 3 fully saturated rings. The van der Waals surface area contributed by atoms with Crippen LogP contribution in [0, 0.1) is 28.1 Å². The van der Waals surface area contributed by atoms with Crippen LogP contribution in [0.1, 0.15) is 59.3 Å². The Labute approximate surface area is 140 Å². The molecule has 4 nitrogen and oxygen atoms in total. The fourth-order valence-corrected chi connectivity index (χ4v) is 5.62. The lowest BCUT2D eigenvalue weighted by Crippen LogP contribution is -2.47. The molecule has 1 aliphatic carbocycles. The Balaban J connectivity index is 1.65. The Morgan fingerprint density at radius 1 is 1.30 bits per heavy atom. The summed E-state index contributed by atoms with van der Waals surface area (Å²) >= 11 is 0. The van der Waals surface area contributed by atoms with Crippen molar-refractivity contribution < 1.29 is 4.79 Å². The highest BCUT2D eigenvalue weighted by molar-refractivity contribution is 5.80. The summed E-state index contributed by atoms with van der Waals surface area (Å²) in [6, 6.07) is 2.67. The SMILES string of the molecule is CC1(C)CC2CC(C)(CN2C(=O)C2CCCN(CCC#N)C2)C1. The van der Waals surface area contributed by atoms with Gasteiger partial charge < -0.3 is 9.80 Å². The van der Waals surface area contributed by atoms with E-state index in [2.05, 4.69) is 36.6 Å². The smallest absolute Gasteiger partial charge is 0.227 e. The van der Waals surface area contributed by atoms with E-state index in [1.807, 2.05) is 0 Å². The van der Waals surface area contributed by atoms with Crippen LogP contribution in [0.25, 0.3) is 0 Å². The molecule has 0 N–H and O–H groups in total. The Morgan fingerprint density at radius 3 is 2.83 bits per heavy atom. The first-order chi connectivity index (χ1) is 10.8. The molecule has 3 rings (SSSR count). The molecule has 2 aliphatic heterocycles. The van der Waals surface area contributed by atoms with Gasteiger partial charge in [-0.05, 0) is 49.5 Å².